The van der Waals surface area contributed by atoms with Gasteiger partial charge in [0.2, 0.25) is 11.9 Å². The number of aromatic nitrogens is 2. The van der Waals surface area contributed by atoms with E-state index in [9.17, 15) is 4.79 Å². The van der Waals surface area contributed by atoms with E-state index in [1.165, 1.54) is 11.1 Å². The maximum Gasteiger partial charge on any atom is 0.223 e. The number of anilines is 1. The second-order valence-corrected chi connectivity index (χ2v) is 9.42. The first-order chi connectivity index (χ1) is 15.5. The lowest BCUT2D eigenvalue weighted by Crippen LogP contribution is -2.44. The summed E-state index contributed by atoms with van der Waals surface area (Å²) < 4.78 is 7.60. The van der Waals surface area contributed by atoms with Crippen LogP contribution in [0.3, 0.4) is 0 Å². The van der Waals surface area contributed by atoms with Crippen molar-refractivity contribution in [1.29, 1.82) is 0 Å². The fourth-order valence-corrected chi connectivity index (χ4v) is 4.81. The zero-order valence-electron chi connectivity index (χ0n) is 18.6. The smallest absolute Gasteiger partial charge is 0.223 e. The van der Waals surface area contributed by atoms with Crippen LogP contribution in [0.1, 0.15) is 30.4 Å². The first-order valence-corrected chi connectivity index (χ1v) is 11.8. The van der Waals surface area contributed by atoms with Gasteiger partial charge >= 0.3 is 0 Å². The summed E-state index contributed by atoms with van der Waals surface area (Å²) in [6, 6.07) is 12.4. The standard InChI is InChI=1S/C25H29ClN4O2/c1-16-13-22-23(14-17(16)2)30(21-5-3-19(26)4-6-21)25(28-22)29-10-7-18(8-11-29)24(31)27-20-9-12-32-15-20/h3-6,13-14,18,20H,7-12,15H2,1-2H3,(H,27,31). The second-order valence-electron chi connectivity index (χ2n) is 8.98. The van der Waals surface area contributed by atoms with Gasteiger partial charge in [-0.05, 0) is 80.6 Å². The van der Waals surface area contributed by atoms with Gasteiger partial charge in [0.25, 0.3) is 0 Å². The number of aryl methyl sites for hydroxylation is 2. The minimum Gasteiger partial charge on any atom is -0.379 e. The highest BCUT2D eigenvalue weighted by molar-refractivity contribution is 6.30. The molecule has 0 saturated carbocycles. The topological polar surface area (TPSA) is 59.4 Å². The van der Waals surface area contributed by atoms with Gasteiger partial charge in [-0.1, -0.05) is 11.6 Å². The van der Waals surface area contributed by atoms with Crippen molar-refractivity contribution in [1.82, 2.24) is 14.9 Å². The summed E-state index contributed by atoms with van der Waals surface area (Å²) in [7, 11) is 0. The van der Waals surface area contributed by atoms with E-state index < -0.39 is 0 Å². The summed E-state index contributed by atoms with van der Waals surface area (Å²) >= 11 is 6.15. The Morgan fingerprint density at radius 1 is 1.09 bits per heavy atom. The maximum absolute atomic E-state index is 12.7. The van der Waals surface area contributed by atoms with Gasteiger partial charge in [-0.15, -0.1) is 0 Å². The molecule has 3 heterocycles. The van der Waals surface area contributed by atoms with Crippen LogP contribution in [0.15, 0.2) is 36.4 Å². The molecule has 2 aliphatic rings. The Balaban J connectivity index is 1.42. The maximum atomic E-state index is 12.7. The number of amides is 1. The van der Waals surface area contributed by atoms with Crippen LogP contribution in [0.4, 0.5) is 5.95 Å². The molecule has 2 fully saturated rings. The van der Waals surface area contributed by atoms with E-state index in [1.807, 2.05) is 24.3 Å². The largest absolute Gasteiger partial charge is 0.379 e. The Bertz CT molecular complexity index is 1130. The summed E-state index contributed by atoms with van der Waals surface area (Å²) in [4.78, 5) is 20.1. The van der Waals surface area contributed by atoms with E-state index in [1.54, 1.807) is 0 Å². The number of piperidine rings is 1. The van der Waals surface area contributed by atoms with Gasteiger partial charge in [0.05, 0.1) is 23.7 Å². The Morgan fingerprint density at radius 3 is 2.50 bits per heavy atom. The molecule has 7 heteroatoms. The monoisotopic (exact) mass is 452 g/mol. The predicted molar refractivity (Wildman–Crippen MR) is 128 cm³/mol. The number of hydrogen-bond donors (Lipinski definition) is 1. The number of nitrogens with zero attached hydrogens (tertiary/aromatic N) is 3. The molecule has 2 saturated heterocycles. The minimum absolute atomic E-state index is 0.0460. The summed E-state index contributed by atoms with van der Waals surface area (Å²) in [5.41, 5.74) is 5.59. The van der Waals surface area contributed by atoms with Gasteiger partial charge in [-0.2, -0.15) is 0 Å². The summed E-state index contributed by atoms with van der Waals surface area (Å²) in [5, 5.41) is 3.88. The van der Waals surface area contributed by atoms with Crippen molar-refractivity contribution in [2.75, 3.05) is 31.2 Å². The third-order valence-corrected chi connectivity index (χ3v) is 7.01. The SMILES string of the molecule is Cc1cc2nc(N3CCC(C(=O)NC4CCOC4)CC3)n(-c3ccc(Cl)cc3)c2cc1C. The number of ether oxygens (including phenoxy) is 1. The van der Waals surface area contributed by atoms with E-state index in [0.717, 1.165) is 61.6 Å². The number of nitrogens with one attached hydrogen (secondary N) is 1. The average Bonchev–Trinajstić information content (AvgIpc) is 3.43. The first kappa shape index (κ1) is 21.3. The zero-order valence-corrected chi connectivity index (χ0v) is 19.4. The molecule has 2 aliphatic heterocycles. The molecule has 2 aromatic carbocycles. The minimum atomic E-state index is 0.0460. The Hall–Kier alpha value is -2.57. The Labute approximate surface area is 193 Å². The number of benzene rings is 2. The fraction of sp³-hybridized carbons (Fsp3) is 0.440. The summed E-state index contributed by atoms with van der Waals surface area (Å²) in [6.07, 6.45) is 2.55. The van der Waals surface area contributed by atoms with Crippen LogP contribution >= 0.6 is 11.6 Å². The molecule has 3 aromatic rings. The molecule has 32 heavy (non-hydrogen) atoms. The molecule has 0 aliphatic carbocycles. The van der Waals surface area contributed by atoms with Gasteiger partial charge in [0.1, 0.15) is 0 Å². The number of halogens is 1. The van der Waals surface area contributed by atoms with Crippen molar-refractivity contribution in [3.63, 3.8) is 0 Å². The molecule has 6 nitrogen and oxygen atoms in total. The molecule has 1 unspecified atom stereocenters. The first-order valence-electron chi connectivity index (χ1n) is 11.4. The van der Waals surface area contributed by atoms with Crippen LogP contribution in [0.25, 0.3) is 16.7 Å². The van der Waals surface area contributed by atoms with E-state index >= 15 is 0 Å². The van der Waals surface area contributed by atoms with Crippen LogP contribution in [-0.2, 0) is 9.53 Å². The number of imidazole rings is 1. The molecular formula is C25H29ClN4O2. The van der Waals surface area contributed by atoms with Crippen LogP contribution in [0, 0.1) is 19.8 Å². The van der Waals surface area contributed by atoms with Crippen LogP contribution < -0.4 is 10.2 Å². The van der Waals surface area contributed by atoms with Crippen LogP contribution in [0.2, 0.25) is 5.02 Å². The number of carbonyl (C=O) groups excluding carboxylic acids is 1. The normalized spacial score (nSPS) is 19.6. The number of hydrogen-bond acceptors (Lipinski definition) is 4. The molecule has 5 rings (SSSR count). The molecule has 0 radical (unpaired) electrons. The molecule has 1 amide bonds. The fourth-order valence-electron chi connectivity index (χ4n) is 4.69. The molecule has 0 bridgehead atoms. The molecule has 1 atom stereocenters. The van der Waals surface area contributed by atoms with Gasteiger partial charge in [-0.3, -0.25) is 9.36 Å². The van der Waals surface area contributed by atoms with E-state index in [0.29, 0.717) is 11.6 Å². The highest BCUT2D eigenvalue weighted by atomic mass is 35.5. The van der Waals surface area contributed by atoms with Gasteiger partial charge in [0.15, 0.2) is 0 Å². The summed E-state index contributed by atoms with van der Waals surface area (Å²) in [5.74, 6) is 1.14. The number of carbonyl (C=O) groups is 1. The van der Waals surface area contributed by atoms with E-state index in [4.69, 9.17) is 21.3 Å². The summed E-state index contributed by atoms with van der Waals surface area (Å²) in [6.45, 7) is 7.22. The van der Waals surface area contributed by atoms with Crippen molar-refractivity contribution < 1.29 is 9.53 Å². The van der Waals surface area contributed by atoms with Crippen LogP contribution in [0.5, 0.6) is 0 Å². The van der Waals surface area contributed by atoms with Crippen molar-refractivity contribution >= 4 is 34.5 Å². The lowest BCUT2D eigenvalue weighted by molar-refractivity contribution is -0.126. The third kappa shape index (κ3) is 4.09. The predicted octanol–water partition coefficient (Wildman–Crippen LogP) is 4.42. The van der Waals surface area contributed by atoms with Crippen molar-refractivity contribution in [3.05, 3.63) is 52.5 Å². The average molecular weight is 453 g/mol. The van der Waals surface area contributed by atoms with Crippen molar-refractivity contribution in [2.24, 2.45) is 5.92 Å². The van der Waals surface area contributed by atoms with Gasteiger partial charge in [0, 0.05) is 36.3 Å². The zero-order chi connectivity index (χ0) is 22.2. The molecular weight excluding hydrogens is 424 g/mol. The highest BCUT2D eigenvalue weighted by Gasteiger charge is 2.30. The molecule has 1 N–H and O–H groups in total. The lowest BCUT2D eigenvalue weighted by Gasteiger charge is -2.32. The number of fused-ring (bicyclic) bond motifs is 1. The molecule has 0 spiro atoms. The van der Waals surface area contributed by atoms with Crippen molar-refractivity contribution in [2.45, 2.75) is 39.2 Å². The highest BCUT2D eigenvalue weighted by Crippen LogP contribution is 2.32. The van der Waals surface area contributed by atoms with E-state index in [-0.39, 0.29) is 17.9 Å². The number of rotatable bonds is 4. The van der Waals surface area contributed by atoms with Gasteiger partial charge in [-0.25, -0.2) is 4.98 Å². The van der Waals surface area contributed by atoms with Gasteiger partial charge < -0.3 is 15.0 Å². The van der Waals surface area contributed by atoms with Crippen LogP contribution in [-0.4, -0.2) is 47.8 Å². The third-order valence-electron chi connectivity index (χ3n) is 6.76. The van der Waals surface area contributed by atoms with E-state index in [2.05, 4.69) is 40.8 Å². The second kappa shape index (κ2) is 8.75. The Kier molecular flexibility index (Phi) is 5.82. The quantitative estimate of drug-likeness (QED) is 0.636. The Morgan fingerprint density at radius 2 is 1.81 bits per heavy atom. The lowest BCUT2D eigenvalue weighted by atomic mass is 9.95. The molecule has 168 valence electrons. The van der Waals surface area contributed by atoms with Crippen molar-refractivity contribution in [3.8, 4) is 5.69 Å². The molecule has 1 aromatic heterocycles.